The number of aryl methyl sites for hydroxylation is 1. The lowest BCUT2D eigenvalue weighted by Gasteiger charge is -2.06. The van der Waals surface area contributed by atoms with E-state index in [-0.39, 0.29) is 0 Å². The van der Waals surface area contributed by atoms with Crippen molar-refractivity contribution >= 4 is 52.0 Å². The van der Waals surface area contributed by atoms with Gasteiger partial charge in [0.15, 0.2) is 5.82 Å². The number of aromatic amines is 1. The standard InChI is InChI=1S/C14H10Cl3N3S/c1-6-5-21-13(11(6)17)12-10(14(18)20-19-12)8-3-2-7(15)4-9(8)16/h2-5H,1H3,(H3,18,19,20). The molecule has 0 saturated heterocycles. The molecule has 0 radical (unpaired) electrons. The van der Waals surface area contributed by atoms with E-state index >= 15 is 0 Å². The van der Waals surface area contributed by atoms with Crippen molar-refractivity contribution in [2.24, 2.45) is 0 Å². The molecule has 0 saturated carbocycles. The van der Waals surface area contributed by atoms with Crippen molar-refractivity contribution in [2.45, 2.75) is 6.92 Å². The zero-order valence-corrected chi connectivity index (χ0v) is 14.0. The fourth-order valence-corrected chi connectivity index (χ4v) is 3.88. The van der Waals surface area contributed by atoms with Gasteiger partial charge in [0.05, 0.1) is 26.2 Å². The van der Waals surface area contributed by atoms with Crippen molar-refractivity contribution in [2.75, 3.05) is 5.73 Å². The molecule has 108 valence electrons. The molecule has 0 bridgehead atoms. The van der Waals surface area contributed by atoms with E-state index in [1.54, 1.807) is 12.1 Å². The van der Waals surface area contributed by atoms with Crippen molar-refractivity contribution in [1.82, 2.24) is 10.2 Å². The second-order valence-electron chi connectivity index (χ2n) is 4.54. The molecule has 0 aliphatic heterocycles. The first-order valence-electron chi connectivity index (χ1n) is 6.02. The van der Waals surface area contributed by atoms with Crippen molar-refractivity contribution < 1.29 is 0 Å². The monoisotopic (exact) mass is 357 g/mol. The smallest absolute Gasteiger partial charge is 0.153 e. The Morgan fingerprint density at radius 3 is 2.62 bits per heavy atom. The van der Waals surface area contributed by atoms with Gasteiger partial charge in [-0.15, -0.1) is 11.3 Å². The van der Waals surface area contributed by atoms with Crippen LogP contribution in [0.2, 0.25) is 15.1 Å². The Hall–Kier alpha value is -1.20. The number of nitrogens with two attached hydrogens (primary N) is 1. The Labute approximate surface area is 140 Å². The van der Waals surface area contributed by atoms with Gasteiger partial charge in [0.1, 0.15) is 0 Å². The SMILES string of the molecule is Cc1csc(-c2[nH]nc(N)c2-c2ccc(Cl)cc2Cl)c1Cl. The second-order valence-corrected chi connectivity index (χ2v) is 6.65. The van der Waals surface area contributed by atoms with Crippen LogP contribution in [0.25, 0.3) is 21.7 Å². The molecule has 3 nitrogen and oxygen atoms in total. The number of nitrogen functional groups attached to an aromatic ring is 1. The van der Waals surface area contributed by atoms with E-state index in [9.17, 15) is 0 Å². The van der Waals surface area contributed by atoms with Crippen LogP contribution in [0.3, 0.4) is 0 Å². The van der Waals surface area contributed by atoms with E-state index in [0.29, 0.717) is 20.9 Å². The molecule has 0 unspecified atom stereocenters. The minimum absolute atomic E-state index is 0.372. The lowest BCUT2D eigenvalue weighted by Crippen LogP contribution is -1.89. The Morgan fingerprint density at radius 1 is 1.24 bits per heavy atom. The van der Waals surface area contributed by atoms with E-state index in [1.807, 2.05) is 18.4 Å². The number of nitrogens with one attached hydrogen (secondary N) is 1. The number of H-pyrrole nitrogens is 1. The lowest BCUT2D eigenvalue weighted by atomic mass is 10.0. The summed E-state index contributed by atoms with van der Waals surface area (Å²) >= 11 is 20.1. The van der Waals surface area contributed by atoms with Crippen LogP contribution < -0.4 is 5.73 Å². The highest BCUT2D eigenvalue weighted by Gasteiger charge is 2.20. The van der Waals surface area contributed by atoms with Gasteiger partial charge in [-0.25, -0.2) is 0 Å². The molecule has 2 aromatic heterocycles. The average molecular weight is 359 g/mol. The Kier molecular flexibility index (Phi) is 3.88. The largest absolute Gasteiger partial charge is 0.382 e. The highest BCUT2D eigenvalue weighted by atomic mass is 35.5. The molecule has 0 amide bonds. The van der Waals surface area contributed by atoms with Gasteiger partial charge in [-0.2, -0.15) is 5.10 Å². The summed E-state index contributed by atoms with van der Waals surface area (Å²) in [5.41, 5.74) is 9.28. The maximum Gasteiger partial charge on any atom is 0.153 e. The quantitative estimate of drug-likeness (QED) is 0.621. The molecule has 3 aromatic rings. The number of halogens is 3. The third-order valence-electron chi connectivity index (χ3n) is 3.12. The van der Waals surface area contributed by atoms with Crippen molar-refractivity contribution in [3.63, 3.8) is 0 Å². The maximum absolute atomic E-state index is 6.34. The van der Waals surface area contributed by atoms with Crippen molar-refractivity contribution in [1.29, 1.82) is 0 Å². The third-order valence-corrected chi connectivity index (χ3v) is 5.38. The molecule has 7 heteroatoms. The number of rotatable bonds is 2. The molecule has 0 atom stereocenters. The fraction of sp³-hybridized carbons (Fsp3) is 0.0714. The Balaban J connectivity index is 2.24. The number of nitrogens with zero attached hydrogens (tertiary/aromatic N) is 1. The number of aromatic nitrogens is 2. The van der Waals surface area contributed by atoms with Gasteiger partial charge in [0.2, 0.25) is 0 Å². The first kappa shape index (κ1) is 14.7. The topological polar surface area (TPSA) is 54.7 Å². The molecule has 3 N–H and O–H groups in total. The number of benzene rings is 1. The number of thiophene rings is 1. The molecule has 0 fully saturated rings. The Bertz CT molecular complexity index is 823. The van der Waals surface area contributed by atoms with Crippen LogP contribution in [0.4, 0.5) is 5.82 Å². The maximum atomic E-state index is 6.34. The minimum atomic E-state index is 0.372. The van der Waals surface area contributed by atoms with Gasteiger partial charge in [0.25, 0.3) is 0 Å². The van der Waals surface area contributed by atoms with E-state index < -0.39 is 0 Å². The zero-order valence-electron chi connectivity index (χ0n) is 10.9. The van der Waals surface area contributed by atoms with Crippen LogP contribution in [0.1, 0.15) is 5.56 Å². The summed E-state index contributed by atoms with van der Waals surface area (Å²) in [6.07, 6.45) is 0. The van der Waals surface area contributed by atoms with Gasteiger partial charge in [-0.3, -0.25) is 5.10 Å². The summed E-state index contributed by atoms with van der Waals surface area (Å²) in [6.45, 7) is 1.96. The summed E-state index contributed by atoms with van der Waals surface area (Å²) in [5.74, 6) is 0.372. The molecule has 0 aliphatic rings. The fourth-order valence-electron chi connectivity index (χ4n) is 2.08. The van der Waals surface area contributed by atoms with Crippen LogP contribution in [-0.2, 0) is 0 Å². The predicted octanol–water partition coefficient (Wildman–Crippen LogP) is 5.66. The van der Waals surface area contributed by atoms with Crippen molar-refractivity contribution in [3.05, 3.63) is 44.2 Å². The zero-order chi connectivity index (χ0) is 15.1. The molecule has 2 heterocycles. The molecule has 3 rings (SSSR count). The number of hydrogen-bond donors (Lipinski definition) is 2. The van der Waals surface area contributed by atoms with E-state index in [2.05, 4.69) is 10.2 Å². The number of anilines is 1. The van der Waals surface area contributed by atoms with Crippen LogP contribution in [0, 0.1) is 6.92 Å². The first-order chi connectivity index (χ1) is 9.99. The predicted molar refractivity (Wildman–Crippen MR) is 91.5 cm³/mol. The van der Waals surface area contributed by atoms with Crippen LogP contribution in [-0.4, -0.2) is 10.2 Å². The van der Waals surface area contributed by atoms with Gasteiger partial charge < -0.3 is 5.73 Å². The highest BCUT2D eigenvalue weighted by Crippen LogP contribution is 2.44. The highest BCUT2D eigenvalue weighted by molar-refractivity contribution is 7.14. The molecular weight excluding hydrogens is 349 g/mol. The normalized spacial score (nSPS) is 11.0. The second kappa shape index (κ2) is 5.54. The van der Waals surface area contributed by atoms with Crippen LogP contribution in [0.5, 0.6) is 0 Å². The van der Waals surface area contributed by atoms with E-state index in [1.165, 1.54) is 11.3 Å². The van der Waals surface area contributed by atoms with E-state index in [0.717, 1.165) is 27.3 Å². The van der Waals surface area contributed by atoms with Crippen LogP contribution >= 0.6 is 46.1 Å². The summed E-state index contributed by atoms with van der Waals surface area (Å²) in [4.78, 5) is 0.888. The molecular formula is C14H10Cl3N3S. The van der Waals surface area contributed by atoms with Gasteiger partial charge >= 0.3 is 0 Å². The number of hydrogen-bond acceptors (Lipinski definition) is 3. The van der Waals surface area contributed by atoms with Gasteiger partial charge in [0, 0.05) is 10.6 Å². The van der Waals surface area contributed by atoms with Gasteiger partial charge in [-0.05, 0) is 30.0 Å². The molecule has 1 aromatic carbocycles. The van der Waals surface area contributed by atoms with Crippen LogP contribution in [0.15, 0.2) is 23.6 Å². The summed E-state index contributed by atoms with van der Waals surface area (Å²) in [6, 6.07) is 5.26. The third kappa shape index (κ3) is 2.53. The molecule has 21 heavy (non-hydrogen) atoms. The molecule has 0 spiro atoms. The lowest BCUT2D eigenvalue weighted by molar-refractivity contribution is 1.11. The summed E-state index contributed by atoms with van der Waals surface area (Å²) < 4.78 is 0. The van der Waals surface area contributed by atoms with E-state index in [4.69, 9.17) is 40.5 Å². The molecule has 0 aliphatic carbocycles. The summed E-state index contributed by atoms with van der Waals surface area (Å²) in [5, 5.41) is 10.8. The van der Waals surface area contributed by atoms with Crippen molar-refractivity contribution in [3.8, 4) is 21.7 Å². The van der Waals surface area contributed by atoms with Gasteiger partial charge in [-0.1, -0.05) is 40.9 Å². The summed E-state index contributed by atoms with van der Waals surface area (Å²) in [7, 11) is 0. The average Bonchev–Trinajstić information content (AvgIpc) is 2.95. The Morgan fingerprint density at radius 2 is 2.00 bits per heavy atom. The minimum Gasteiger partial charge on any atom is -0.382 e. The first-order valence-corrected chi connectivity index (χ1v) is 8.03.